The Balaban J connectivity index is 1.84. The maximum absolute atomic E-state index is 13.1. The molecule has 1 aromatic heterocycles. The Kier molecular flexibility index (Phi) is 8.18. The first-order chi connectivity index (χ1) is 17.4. The Morgan fingerprint density at radius 2 is 1.61 bits per heavy atom. The van der Waals surface area contributed by atoms with Gasteiger partial charge in [0.2, 0.25) is 0 Å². The summed E-state index contributed by atoms with van der Waals surface area (Å²) in [5, 5.41) is 4.35. The number of esters is 1. The number of alkyl halides is 3. The van der Waals surface area contributed by atoms with Crippen molar-refractivity contribution in [2.45, 2.75) is 65.5 Å². The normalized spacial score (nSPS) is 16.0. The molecular formula is C27H35F3N4O4. The van der Waals surface area contributed by atoms with Gasteiger partial charge in [0.1, 0.15) is 17.0 Å². The molecule has 0 saturated carbocycles. The summed E-state index contributed by atoms with van der Waals surface area (Å²) >= 11 is 0. The Labute approximate surface area is 221 Å². The van der Waals surface area contributed by atoms with Gasteiger partial charge in [-0.3, -0.25) is 0 Å². The third-order valence-electron chi connectivity index (χ3n) is 5.55. The van der Waals surface area contributed by atoms with Gasteiger partial charge < -0.3 is 19.3 Å². The van der Waals surface area contributed by atoms with E-state index in [0.717, 1.165) is 18.0 Å². The van der Waals surface area contributed by atoms with Gasteiger partial charge in [-0.15, -0.1) is 0 Å². The zero-order valence-corrected chi connectivity index (χ0v) is 22.6. The molecule has 0 radical (unpaired) electrons. The van der Waals surface area contributed by atoms with Crippen molar-refractivity contribution in [1.29, 1.82) is 0 Å². The molecule has 1 aliphatic heterocycles. The average molecular weight is 537 g/mol. The zero-order valence-electron chi connectivity index (χ0n) is 22.6. The first-order valence-electron chi connectivity index (χ1n) is 12.3. The van der Waals surface area contributed by atoms with Crippen molar-refractivity contribution in [1.82, 2.24) is 14.7 Å². The van der Waals surface area contributed by atoms with Crippen LogP contribution in [-0.4, -0.2) is 57.6 Å². The topological polar surface area (TPSA) is 76.9 Å². The number of carbonyl (C=O) groups is 2. The van der Waals surface area contributed by atoms with E-state index in [-0.39, 0.29) is 24.6 Å². The molecule has 1 atom stereocenters. The molecule has 0 aliphatic carbocycles. The van der Waals surface area contributed by atoms with E-state index in [0.29, 0.717) is 18.8 Å². The number of halogens is 3. The first kappa shape index (κ1) is 29.1. The number of amides is 1. The van der Waals surface area contributed by atoms with Gasteiger partial charge in [-0.1, -0.05) is 6.58 Å². The minimum absolute atomic E-state index is 0.0981. The number of hydrogen-bond donors (Lipinski definition) is 0. The van der Waals surface area contributed by atoms with Gasteiger partial charge in [-0.25, -0.2) is 14.3 Å². The van der Waals surface area contributed by atoms with E-state index in [1.54, 1.807) is 58.5 Å². The monoisotopic (exact) mass is 536 g/mol. The van der Waals surface area contributed by atoms with Gasteiger partial charge >= 0.3 is 18.2 Å². The fourth-order valence-corrected chi connectivity index (χ4v) is 4.02. The van der Waals surface area contributed by atoms with Crippen molar-refractivity contribution in [2.24, 2.45) is 5.92 Å². The van der Waals surface area contributed by atoms with Crippen LogP contribution in [0.2, 0.25) is 0 Å². The molecule has 0 spiro atoms. The van der Waals surface area contributed by atoms with Gasteiger partial charge in [0.25, 0.3) is 0 Å². The van der Waals surface area contributed by atoms with Crippen LogP contribution in [0.3, 0.4) is 0 Å². The summed E-state index contributed by atoms with van der Waals surface area (Å²) in [7, 11) is 0. The highest BCUT2D eigenvalue weighted by Crippen LogP contribution is 2.35. The predicted molar refractivity (Wildman–Crippen MR) is 137 cm³/mol. The van der Waals surface area contributed by atoms with Gasteiger partial charge in [0, 0.05) is 42.9 Å². The minimum Gasteiger partial charge on any atom is -0.457 e. The highest BCUT2D eigenvalue weighted by Gasteiger charge is 2.33. The van der Waals surface area contributed by atoms with Crippen molar-refractivity contribution >= 4 is 23.6 Å². The molecule has 38 heavy (non-hydrogen) atoms. The molecule has 208 valence electrons. The predicted octanol–water partition coefficient (Wildman–Crippen LogP) is 5.80. The van der Waals surface area contributed by atoms with Crippen LogP contribution in [0.4, 0.5) is 29.5 Å². The van der Waals surface area contributed by atoms with Crippen molar-refractivity contribution in [2.75, 3.05) is 24.5 Å². The Hall–Kier alpha value is -3.50. The largest absolute Gasteiger partial charge is 0.457 e. The van der Waals surface area contributed by atoms with Crippen LogP contribution in [0.1, 0.15) is 47.1 Å². The fourth-order valence-electron chi connectivity index (χ4n) is 4.02. The zero-order chi connectivity index (χ0) is 28.5. The number of rotatable bonds is 6. The first-order valence-corrected chi connectivity index (χ1v) is 12.3. The lowest BCUT2D eigenvalue weighted by Crippen LogP contribution is -2.46. The summed E-state index contributed by atoms with van der Waals surface area (Å²) in [6, 6.07) is 6.69. The molecule has 2 heterocycles. The molecule has 1 aliphatic rings. The lowest BCUT2D eigenvalue weighted by Gasteiger charge is -2.37. The van der Waals surface area contributed by atoms with Crippen molar-refractivity contribution < 1.29 is 32.2 Å². The van der Waals surface area contributed by atoms with Gasteiger partial charge in [-0.05, 0) is 65.8 Å². The molecule has 1 aromatic carbocycles. The smallest absolute Gasteiger partial charge is 0.416 e. The van der Waals surface area contributed by atoms with Gasteiger partial charge in [0.15, 0.2) is 0 Å². The van der Waals surface area contributed by atoms with Crippen LogP contribution >= 0.6 is 0 Å². The van der Waals surface area contributed by atoms with E-state index in [1.807, 2.05) is 4.90 Å². The van der Waals surface area contributed by atoms with E-state index in [4.69, 9.17) is 9.47 Å². The Morgan fingerprint density at radius 3 is 2.16 bits per heavy atom. The number of benzene rings is 1. The maximum Gasteiger partial charge on any atom is 0.416 e. The van der Waals surface area contributed by atoms with E-state index < -0.39 is 35.0 Å². The van der Waals surface area contributed by atoms with E-state index >= 15 is 0 Å². The Morgan fingerprint density at radius 1 is 1.00 bits per heavy atom. The summed E-state index contributed by atoms with van der Waals surface area (Å²) in [5.74, 6) is -0.0814. The lowest BCUT2D eigenvalue weighted by atomic mass is 10.0. The SMILES string of the molecule is C=C(CN(CC1CN(c2ccc(C(F)(F)F)cc2)c2ccnn2C1)C(=O)OC(C)(C)C)C(=O)OC(C)(C)C. The van der Waals surface area contributed by atoms with Crippen molar-refractivity contribution in [3.63, 3.8) is 0 Å². The summed E-state index contributed by atoms with van der Waals surface area (Å²) in [4.78, 5) is 28.9. The van der Waals surface area contributed by atoms with Crippen LogP contribution in [0, 0.1) is 5.92 Å². The number of anilines is 2. The summed E-state index contributed by atoms with van der Waals surface area (Å²) in [6.45, 7) is 15.2. The molecule has 11 heteroatoms. The molecule has 0 bridgehead atoms. The van der Waals surface area contributed by atoms with Crippen LogP contribution in [0.15, 0.2) is 48.7 Å². The van der Waals surface area contributed by atoms with Crippen molar-refractivity contribution in [3.8, 4) is 0 Å². The fraction of sp³-hybridized carbons (Fsp3) is 0.519. The number of fused-ring (bicyclic) bond motifs is 1. The summed E-state index contributed by atoms with van der Waals surface area (Å²) in [5.41, 5.74) is -1.57. The molecule has 3 rings (SSSR count). The quantitative estimate of drug-likeness (QED) is 0.343. The van der Waals surface area contributed by atoms with Crippen molar-refractivity contribution in [3.05, 3.63) is 54.2 Å². The lowest BCUT2D eigenvalue weighted by molar-refractivity contribution is -0.150. The number of ether oxygens (including phenoxy) is 2. The third-order valence-corrected chi connectivity index (χ3v) is 5.55. The molecule has 0 N–H and O–H groups in total. The molecule has 0 saturated heterocycles. The molecule has 8 nitrogen and oxygen atoms in total. The molecule has 1 unspecified atom stereocenters. The highest BCUT2D eigenvalue weighted by molar-refractivity contribution is 5.89. The number of aromatic nitrogens is 2. The number of hydrogen-bond acceptors (Lipinski definition) is 6. The maximum atomic E-state index is 13.1. The Bertz CT molecular complexity index is 1160. The number of carbonyl (C=O) groups excluding carboxylic acids is 2. The molecule has 0 fully saturated rings. The van der Waals surface area contributed by atoms with Gasteiger partial charge in [-0.2, -0.15) is 18.3 Å². The molecular weight excluding hydrogens is 501 g/mol. The van der Waals surface area contributed by atoms with E-state index in [2.05, 4.69) is 11.7 Å². The van der Waals surface area contributed by atoms with Crippen LogP contribution in [0.25, 0.3) is 0 Å². The van der Waals surface area contributed by atoms with Gasteiger partial charge in [0.05, 0.1) is 18.3 Å². The second kappa shape index (κ2) is 10.7. The summed E-state index contributed by atoms with van der Waals surface area (Å²) in [6.07, 6.45) is -3.44. The van der Waals surface area contributed by atoms with Crippen LogP contribution in [0.5, 0.6) is 0 Å². The van der Waals surface area contributed by atoms with Crippen LogP contribution in [-0.2, 0) is 27.0 Å². The van der Waals surface area contributed by atoms with E-state index in [9.17, 15) is 22.8 Å². The number of nitrogens with zero attached hydrogens (tertiary/aromatic N) is 4. The average Bonchev–Trinajstić information content (AvgIpc) is 3.24. The third kappa shape index (κ3) is 7.75. The summed E-state index contributed by atoms with van der Waals surface area (Å²) < 4.78 is 52.0. The second-order valence-electron chi connectivity index (χ2n) is 11.4. The highest BCUT2D eigenvalue weighted by atomic mass is 19.4. The van der Waals surface area contributed by atoms with Crippen LogP contribution < -0.4 is 4.90 Å². The standard InChI is InChI=1S/C27H35F3N4O4/c1-18(23(35)37-25(2,3)4)14-32(24(36)38-26(5,6)7)15-19-16-33(22-12-13-31-34(22)17-19)21-10-8-20(9-11-21)27(28,29)30/h8-13,19H,1,14-17H2,2-7H3. The minimum atomic E-state index is -4.44. The molecule has 1 amide bonds. The molecule has 2 aromatic rings. The second-order valence-corrected chi connectivity index (χ2v) is 11.4. The van der Waals surface area contributed by atoms with E-state index in [1.165, 1.54) is 17.0 Å².